The number of aromatic nitrogens is 2. The Morgan fingerprint density at radius 1 is 1.17 bits per heavy atom. The first-order valence-electron chi connectivity index (χ1n) is 3.80. The Labute approximate surface area is 70.5 Å². The van der Waals surface area contributed by atoms with Crippen molar-refractivity contribution in [2.75, 3.05) is 12.4 Å². The fourth-order valence-corrected chi connectivity index (χ4v) is 1.10. The number of nitrogens with one attached hydrogen (secondary N) is 1. The third-order valence-electron chi connectivity index (χ3n) is 1.71. The molecule has 0 spiro atoms. The van der Waals surface area contributed by atoms with Crippen molar-refractivity contribution >= 4 is 16.9 Å². The molecule has 0 atom stereocenters. The van der Waals surface area contributed by atoms with Crippen molar-refractivity contribution < 1.29 is 0 Å². The summed E-state index contributed by atoms with van der Waals surface area (Å²) in [6.07, 6.45) is 1.77. The van der Waals surface area contributed by atoms with E-state index in [2.05, 4.69) is 15.3 Å². The molecule has 1 N–H and O–H groups in total. The van der Waals surface area contributed by atoms with Gasteiger partial charge in [-0.3, -0.25) is 4.98 Å². The molecule has 0 amide bonds. The molecule has 0 bridgehead atoms. The highest BCUT2D eigenvalue weighted by Crippen LogP contribution is 2.10. The molecule has 2 rings (SSSR count). The molecule has 12 heavy (non-hydrogen) atoms. The molecule has 60 valence electrons. The molecule has 0 aliphatic heterocycles. The molecule has 0 radical (unpaired) electrons. The summed E-state index contributed by atoms with van der Waals surface area (Å²) < 4.78 is 0. The molecule has 0 saturated carbocycles. The zero-order valence-corrected chi connectivity index (χ0v) is 6.78. The molecule has 3 heteroatoms. The highest BCUT2D eigenvalue weighted by molar-refractivity contribution is 5.75. The highest BCUT2D eigenvalue weighted by Gasteiger charge is 1.94. The van der Waals surface area contributed by atoms with Crippen molar-refractivity contribution in [2.24, 2.45) is 0 Å². The monoisotopic (exact) mass is 159 g/mol. The molecular weight excluding hydrogens is 150 g/mol. The van der Waals surface area contributed by atoms with Gasteiger partial charge in [0.25, 0.3) is 0 Å². The number of pyridine rings is 2. The van der Waals surface area contributed by atoms with Gasteiger partial charge in [0.2, 0.25) is 0 Å². The summed E-state index contributed by atoms with van der Waals surface area (Å²) in [6.45, 7) is 0. The SMILES string of the molecule is CNc1ccc2ncccc2n1. The lowest BCUT2D eigenvalue weighted by Crippen LogP contribution is -1.92. The third-order valence-corrected chi connectivity index (χ3v) is 1.71. The van der Waals surface area contributed by atoms with E-state index in [4.69, 9.17) is 0 Å². The molecule has 2 heterocycles. The van der Waals surface area contributed by atoms with Crippen LogP contribution < -0.4 is 5.32 Å². The number of hydrogen-bond acceptors (Lipinski definition) is 3. The third kappa shape index (κ3) is 1.09. The van der Waals surface area contributed by atoms with Crippen molar-refractivity contribution in [3.8, 4) is 0 Å². The summed E-state index contributed by atoms with van der Waals surface area (Å²) in [7, 11) is 1.85. The largest absolute Gasteiger partial charge is 0.373 e. The second-order valence-corrected chi connectivity index (χ2v) is 2.49. The van der Waals surface area contributed by atoms with Crippen molar-refractivity contribution in [3.63, 3.8) is 0 Å². The summed E-state index contributed by atoms with van der Waals surface area (Å²) in [5, 5.41) is 2.98. The van der Waals surface area contributed by atoms with Crippen LogP contribution in [0.3, 0.4) is 0 Å². The second kappa shape index (κ2) is 2.77. The summed E-state index contributed by atoms with van der Waals surface area (Å²) in [5.74, 6) is 0.871. The summed E-state index contributed by atoms with van der Waals surface area (Å²) in [5.41, 5.74) is 1.85. The van der Waals surface area contributed by atoms with Crippen LogP contribution in [0.25, 0.3) is 11.0 Å². The number of anilines is 1. The summed E-state index contributed by atoms with van der Waals surface area (Å²) >= 11 is 0. The van der Waals surface area contributed by atoms with E-state index in [1.165, 1.54) is 0 Å². The van der Waals surface area contributed by atoms with Crippen molar-refractivity contribution in [3.05, 3.63) is 30.5 Å². The van der Waals surface area contributed by atoms with Crippen LogP contribution in [-0.4, -0.2) is 17.0 Å². The molecule has 2 aromatic rings. The smallest absolute Gasteiger partial charge is 0.126 e. The minimum atomic E-state index is 0.871. The lowest BCUT2D eigenvalue weighted by Gasteiger charge is -1.99. The Bertz CT molecular complexity index is 398. The minimum Gasteiger partial charge on any atom is -0.373 e. The van der Waals surface area contributed by atoms with E-state index in [0.717, 1.165) is 16.9 Å². The van der Waals surface area contributed by atoms with Crippen LogP contribution in [0.5, 0.6) is 0 Å². The Kier molecular flexibility index (Phi) is 1.63. The van der Waals surface area contributed by atoms with E-state index in [1.54, 1.807) is 6.20 Å². The predicted octanol–water partition coefficient (Wildman–Crippen LogP) is 1.67. The zero-order chi connectivity index (χ0) is 8.39. The van der Waals surface area contributed by atoms with Gasteiger partial charge in [0.05, 0.1) is 11.0 Å². The molecule has 3 nitrogen and oxygen atoms in total. The molecular formula is C9H9N3. The lowest BCUT2D eigenvalue weighted by atomic mass is 10.3. The molecule has 0 aliphatic carbocycles. The van der Waals surface area contributed by atoms with Crippen LogP contribution in [-0.2, 0) is 0 Å². The molecule has 0 aliphatic rings. The first-order chi connectivity index (χ1) is 5.90. The van der Waals surface area contributed by atoms with Crippen LogP contribution in [0.2, 0.25) is 0 Å². The Hall–Kier alpha value is -1.64. The van der Waals surface area contributed by atoms with Gasteiger partial charge in [-0.15, -0.1) is 0 Å². The Morgan fingerprint density at radius 2 is 2.08 bits per heavy atom. The first-order valence-corrected chi connectivity index (χ1v) is 3.80. The predicted molar refractivity (Wildman–Crippen MR) is 49.1 cm³/mol. The normalized spacial score (nSPS) is 10.1. The quantitative estimate of drug-likeness (QED) is 0.687. The van der Waals surface area contributed by atoms with Crippen LogP contribution in [0.1, 0.15) is 0 Å². The fraction of sp³-hybridized carbons (Fsp3) is 0.111. The van der Waals surface area contributed by atoms with Crippen LogP contribution in [0.4, 0.5) is 5.82 Å². The number of nitrogens with zero attached hydrogens (tertiary/aromatic N) is 2. The molecule has 2 aromatic heterocycles. The zero-order valence-electron chi connectivity index (χ0n) is 6.78. The van der Waals surface area contributed by atoms with Gasteiger partial charge in [-0.25, -0.2) is 4.98 Å². The van der Waals surface area contributed by atoms with Gasteiger partial charge < -0.3 is 5.32 Å². The summed E-state index contributed by atoms with van der Waals surface area (Å²) in [4.78, 5) is 8.49. The van der Waals surface area contributed by atoms with Gasteiger partial charge in [0, 0.05) is 13.2 Å². The van der Waals surface area contributed by atoms with Crippen LogP contribution in [0, 0.1) is 0 Å². The van der Waals surface area contributed by atoms with Crippen molar-refractivity contribution in [1.82, 2.24) is 9.97 Å². The first kappa shape index (κ1) is 7.03. The maximum absolute atomic E-state index is 4.32. The maximum atomic E-state index is 4.32. The molecule has 0 fully saturated rings. The molecule has 0 aromatic carbocycles. The van der Waals surface area contributed by atoms with E-state index in [0.29, 0.717) is 0 Å². The second-order valence-electron chi connectivity index (χ2n) is 2.49. The minimum absolute atomic E-state index is 0.871. The molecule has 0 saturated heterocycles. The lowest BCUT2D eigenvalue weighted by molar-refractivity contribution is 1.31. The van der Waals surface area contributed by atoms with E-state index in [1.807, 2.05) is 31.3 Å². The fourth-order valence-electron chi connectivity index (χ4n) is 1.10. The maximum Gasteiger partial charge on any atom is 0.126 e. The van der Waals surface area contributed by atoms with Gasteiger partial charge in [-0.2, -0.15) is 0 Å². The average Bonchev–Trinajstić information content (AvgIpc) is 2.17. The number of rotatable bonds is 1. The topological polar surface area (TPSA) is 37.8 Å². The standard InChI is InChI=1S/C9H9N3/c1-10-9-5-4-7-8(12-9)3-2-6-11-7/h2-6H,1H3,(H,10,12). The van der Waals surface area contributed by atoms with Crippen LogP contribution >= 0.6 is 0 Å². The van der Waals surface area contributed by atoms with Gasteiger partial charge in [0.15, 0.2) is 0 Å². The summed E-state index contributed by atoms with van der Waals surface area (Å²) in [6, 6.07) is 7.70. The van der Waals surface area contributed by atoms with E-state index < -0.39 is 0 Å². The Morgan fingerprint density at radius 3 is 2.92 bits per heavy atom. The van der Waals surface area contributed by atoms with Gasteiger partial charge in [0.1, 0.15) is 5.82 Å². The Balaban J connectivity index is 2.67. The van der Waals surface area contributed by atoms with E-state index in [9.17, 15) is 0 Å². The van der Waals surface area contributed by atoms with E-state index >= 15 is 0 Å². The van der Waals surface area contributed by atoms with Gasteiger partial charge >= 0.3 is 0 Å². The van der Waals surface area contributed by atoms with E-state index in [-0.39, 0.29) is 0 Å². The van der Waals surface area contributed by atoms with Gasteiger partial charge in [-0.1, -0.05) is 0 Å². The average molecular weight is 159 g/mol. The molecule has 0 unspecified atom stereocenters. The number of fused-ring (bicyclic) bond motifs is 1. The highest BCUT2D eigenvalue weighted by atomic mass is 15.0. The number of hydrogen-bond donors (Lipinski definition) is 1. The van der Waals surface area contributed by atoms with Crippen LogP contribution in [0.15, 0.2) is 30.5 Å². The van der Waals surface area contributed by atoms with Crippen molar-refractivity contribution in [1.29, 1.82) is 0 Å². The van der Waals surface area contributed by atoms with Crippen molar-refractivity contribution in [2.45, 2.75) is 0 Å². The van der Waals surface area contributed by atoms with Gasteiger partial charge in [-0.05, 0) is 24.3 Å².